The minimum absolute atomic E-state index is 0.114. The Balaban J connectivity index is 1.74. The number of ether oxygens (including phenoxy) is 1. The van der Waals surface area contributed by atoms with Crippen LogP contribution in [0.25, 0.3) is 0 Å². The van der Waals surface area contributed by atoms with Crippen LogP contribution in [0.1, 0.15) is 12.8 Å². The van der Waals surface area contributed by atoms with Crippen LogP contribution in [-0.2, 0) is 21.9 Å². The van der Waals surface area contributed by atoms with Crippen molar-refractivity contribution in [1.29, 1.82) is 0 Å². The first-order valence-electron chi connectivity index (χ1n) is 8.82. The molecule has 27 heavy (non-hydrogen) atoms. The Labute approximate surface area is 159 Å². The Morgan fingerprint density at radius 3 is 2.63 bits per heavy atom. The molecule has 1 amide bonds. The molecule has 2 heterocycles. The van der Waals surface area contributed by atoms with Gasteiger partial charge in [-0.05, 0) is 25.0 Å². The third kappa shape index (κ3) is 4.48. The first-order valence-corrected chi connectivity index (χ1v) is 10.7. The topological polar surface area (TPSA) is 84.7 Å². The summed E-state index contributed by atoms with van der Waals surface area (Å²) in [5.41, 5.74) is 0. The summed E-state index contributed by atoms with van der Waals surface area (Å²) >= 11 is 0. The Morgan fingerprint density at radius 2 is 2.00 bits per heavy atom. The number of sulfonamides is 1. The number of para-hydroxylation sites is 1. The van der Waals surface area contributed by atoms with E-state index in [0.717, 1.165) is 6.26 Å². The molecule has 1 aromatic carbocycles. The Kier molecular flexibility index (Phi) is 5.81. The van der Waals surface area contributed by atoms with Gasteiger partial charge in [-0.25, -0.2) is 8.42 Å². The van der Waals surface area contributed by atoms with E-state index < -0.39 is 16.1 Å². The van der Waals surface area contributed by atoms with Crippen LogP contribution in [0.15, 0.2) is 42.6 Å². The summed E-state index contributed by atoms with van der Waals surface area (Å²) in [7, 11) is -1.81. The molecule has 1 atom stereocenters. The summed E-state index contributed by atoms with van der Waals surface area (Å²) in [6.45, 7) is 0.836. The van der Waals surface area contributed by atoms with E-state index in [1.807, 2.05) is 18.2 Å². The zero-order valence-corrected chi connectivity index (χ0v) is 16.3. The lowest BCUT2D eigenvalue weighted by Crippen LogP contribution is -2.55. The largest absolute Gasteiger partial charge is 0.492 e. The molecule has 0 radical (unpaired) electrons. The van der Waals surface area contributed by atoms with E-state index in [1.54, 1.807) is 41.0 Å². The highest BCUT2D eigenvalue weighted by Gasteiger charge is 2.38. The lowest BCUT2D eigenvalue weighted by atomic mass is 10.0. The maximum Gasteiger partial charge on any atom is 0.246 e. The van der Waals surface area contributed by atoms with Crippen molar-refractivity contribution in [2.24, 2.45) is 7.05 Å². The summed E-state index contributed by atoms with van der Waals surface area (Å²) in [6, 6.07) is 10.2. The van der Waals surface area contributed by atoms with E-state index in [1.165, 1.54) is 4.31 Å². The van der Waals surface area contributed by atoms with Crippen LogP contribution in [0.4, 0.5) is 5.82 Å². The van der Waals surface area contributed by atoms with Crippen molar-refractivity contribution in [2.45, 2.75) is 18.9 Å². The van der Waals surface area contributed by atoms with Crippen LogP contribution in [-0.4, -0.2) is 60.4 Å². The number of aromatic nitrogens is 2. The summed E-state index contributed by atoms with van der Waals surface area (Å²) < 4.78 is 33.2. The molecule has 9 heteroatoms. The number of carbonyl (C=O) groups excluding carboxylic acids is 1. The lowest BCUT2D eigenvalue weighted by molar-refractivity contribution is -0.123. The Bertz CT molecular complexity index is 882. The highest BCUT2D eigenvalue weighted by atomic mass is 32.2. The zero-order chi connectivity index (χ0) is 19.4. The molecule has 1 aliphatic heterocycles. The van der Waals surface area contributed by atoms with Crippen LogP contribution in [0.2, 0.25) is 0 Å². The number of anilines is 1. The van der Waals surface area contributed by atoms with Gasteiger partial charge in [-0.3, -0.25) is 14.4 Å². The molecule has 2 aromatic rings. The first-order chi connectivity index (χ1) is 12.9. The van der Waals surface area contributed by atoms with Gasteiger partial charge >= 0.3 is 0 Å². The third-order valence-electron chi connectivity index (χ3n) is 4.58. The minimum Gasteiger partial charge on any atom is -0.492 e. The van der Waals surface area contributed by atoms with Crippen molar-refractivity contribution in [3.8, 4) is 5.75 Å². The van der Waals surface area contributed by atoms with Gasteiger partial charge in [-0.15, -0.1) is 0 Å². The van der Waals surface area contributed by atoms with Crippen molar-refractivity contribution >= 4 is 21.7 Å². The second-order valence-electron chi connectivity index (χ2n) is 6.50. The van der Waals surface area contributed by atoms with E-state index in [9.17, 15) is 13.2 Å². The van der Waals surface area contributed by atoms with E-state index in [0.29, 0.717) is 31.0 Å². The number of rotatable bonds is 7. The predicted molar refractivity (Wildman–Crippen MR) is 102 cm³/mol. The van der Waals surface area contributed by atoms with E-state index >= 15 is 0 Å². The van der Waals surface area contributed by atoms with Gasteiger partial charge < -0.3 is 4.74 Å². The molecule has 3 rings (SSSR count). The fourth-order valence-electron chi connectivity index (χ4n) is 3.31. The zero-order valence-electron chi connectivity index (χ0n) is 15.5. The lowest BCUT2D eigenvalue weighted by Gasteiger charge is -2.37. The summed E-state index contributed by atoms with van der Waals surface area (Å²) in [6.07, 6.45) is 3.96. The number of benzene rings is 1. The van der Waals surface area contributed by atoms with E-state index in [4.69, 9.17) is 4.74 Å². The van der Waals surface area contributed by atoms with Gasteiger partial charge in [0, 0.05) is 26.2 Å². The SMILES string of the molecule is Cn1nccc1N1CCC[C@H](N(CCOc2ccccc2)S(C)(=O)=O)C1=O. The quantitative estimate of drug-likeness (QED) is 0.708. The van der Waals surface area contributed by atoms with E-state index in [-0.39, 0.29) is 19.1 Å². The van der Waals surface area contributed by atoms with Crippen molar-refractivity contribution < 1.29 is 17.9 Å². The number of hydrogen-bond donors (Lipinski definition) is 0. The molecule has 146 valence electrons. The van der Waals surface area contributed by atoms with Crippen LogP contribution >= 0.6 is 0 Å². The summed E-state index contributed by atoms with van der Waals surface area (Å²) in [5, 5.41) is 4.10. The van der Waals surface area contributed by atoms with Gasteiger partial charge in [0.15, 0.2) is 0 Å². The monoisotopic (exact) mass is 392 g/mol. The average Bonchev–Trinajstić information content (AvgIpc) is 3.05. The number of piperidine rings is 1. The van der Waals surface area contributed by atoms with Gasteiger partial charge in [-0.1, -0.05) is 18.2 Å². The van der Waals surface area contributed by atoms with Crippen molar-refractivity contribution in [1.82, 2.24) is 14.1 Å². The second-order valence-corrected chi connectivity index (χ2v) is 8.43. The molecule has 0 bridgehead atoms. The first kappa shape index (κ1) is 19.4. The van der Waals surface area contributed by atoms with Gasteiger partial charge in [0.2, 0.25) is 15.9 Å². The molecule has 0 N–H and O–H groups in total. The third-order valence-corrected chi connectivity index (χ3v) is 5.87. The predicted octanol–water partition coefficient (Wildman–Crippen LogP) is 1.26. The maximum absolute atomic E-state index is 13.0. The van der Waals surface area contributed by atoms with Gasteiger partial charge in [0.05, 0.1) is 12.5 Å². The molecule has 0 unspecified atom stereocenters. The average molecular weight is 392 g/mol. The molecule has 0 aliphatic carbocycles. The summed E-state index contributed by atoms with van der Waals surface area (Å²) in [4.78, 5) is 14.6. The number of amides is 1. The minimum atomic E-state index is -3.57. The van der Waals surface area contributed by atoms with Crippen LogP contribution < -0.4 is 9.64 Å². The van der Waals surface area contributed by atoms with Crippen LogP contribution in [0.3, 0.4) is 0 Å². The van der Waals surface area contributed by atoms with Crippen molar-refractivity contribution in [3.05, 3.63) is 42.6 Å². The fraction of sp³-hybridized carbons (Fsp3) is 0.444. The number of aryl methyl sites for hydroxylation is 1. The van der Waals surface area contributed by atoms with Crippen LogP contribution in [0, 0.1) is 0 Å². The van der Waals surface area contributed by atoms with Crippen molar-refractivity contribution in [2.75, 3.05) is 30.9 Å². The molecule has 1 saturated heterocycles. The Morgan fingerprint density at radius 1 is 1.26 bits per heavy atom. The molecule has 1 aliphatic rings. The smallest absolute Gasteiger partial charge is 0.246 e. The number of hydrogen-bond acceptors (Lipinski definition) is 5. The second kappa shape index (κ2) is 8.10. The van der Waals surface area contributed by atoms with Crippen LogP contribution in [0.5, 0.6) is 5.75 Å². The normalized spacial score (nSPS) is 18.1. The maximum atomic E-state index is 13.0. The highest BCUT2D eigenvalue weighted by Crippen LogP contribution is 2.24. The standard InChI is InChI=1S/C18H24N4O4S/c1-20-17(10-11-19-20)21-12-6-9-16(18(21)23)22(27(2,24)25)13-14-26-15-7-4-3-5-8-15/h3-5,7-8,10-11,16H,6,9,12-14H2,1-2H3/t16-/m0/s1. The molecule has 1 fully saturated rings. The molecular weight excluding hydrogens is 368 g/mol. The number of carbonyl (C=O) groups is 1. The molecule has 1 aromatic heterocycles. The highest BCUT2D eigenvalue weighted by molar-refractivity contribution is 7.88. The fourth-order valence-corrected chi connectivity index (χ4v) is 4.37. The molecule has 0 spiro atoms. The summed E-state index contributed by atoms with van der Waals surface area (Å²) in [5.74, 6) is 1.10. The van der Waals surface area contributed by atoms with Gasteiger partial charge in [0.1, 0.15) is 24.2 Å². The van der Waals surface area contributed by atoms with Gasteiger partial charge in [-0.2, -0.15) is 9.40 Å². The number of nitrogens with zero attached hydrogens (tertiary/aromatic N) is 4. The molecule has 8 nitrogen and oxygen atoms in total. The van der Waals surface area contributed by atoms with Gasteiger partial charge in [0.25, 0.3) is 0 Å². The molecular formula is C18H24N4O4S. The van der Waals surface area contributed by atoms with E-state index in [2.05, 4.69) is 5.10 Å². The Hall–Kier alpha value is -2.39. The van der Waals surface area contributed by atoms with Crippen molar-refractivity contribution in [3.63, 3.8) is 0 Å². The molecule has 0 saturated carbocycles.